The highest BCUT2D eigenvalue weighted by atomic mass is 35.5. The Kier molecular flexibility index (Phi) is 5.78. The number of nitrogens with zero attached hydrogens (tertiary/aromatic N) is 2. The van der Waals surface area contributed by atoms with Crippen molar-refractivity contribution < 1.29 is 9.90 Å². The van der Waals surface area contributed by atoms with Crippen LogP contribution in [-0.4, -0.2) is 45.2 Å². The molecule has 2 atom stereocenters. The van der Waals surface area contributed by atoms with Crippen molar-refractivity contribution >= 4 is 45.6 Å². The zero-order chi connectivity index (χ0) is 22.9. The van der Waals surface area contributed by atoms with E-state index in [9.17, 15) is 14.7 Å². The molecule has 1 unspecified atom stereocenters. The van der Waals surface area contributed by atoms with E-state index in [0.29, 0.717) is 30.2 Å². The van der Waals surface area contributed by atoms with Crippen molar-refractivity contribution in [3.63, 3.8) is 0 Å². The van der Waals surface area contributed by atoms with Gasteiger partial charge in [0.1, 0.15) is 5.01 Å². The molecule has 0 radical (unpaired) electrons. The van der Waals surface area contributed by atoms with Crippen LogP contribution >= 0.6 is 22.9 Å². The van der Waals surface area contributed by atoms with E-state index in [1.165, 1.54) is 11.0 Å². The Morgan fingerprint density at radius 1 is 1.21 bits per heavy atom. The minimum absolute atomic E-state index is 0.0548. The molecule has 7 nitrogen and oxygen atoms in total. The Bertz CT molecular complexity index is 1350. The van der Waals surface area contributed by atoms with E-state index in [2.05, 4.69) is 21.4 Å². The largest absolute Gasteiger partial charge is 0.465 e. The average Bonchev–Trinajstić information content (AvgIpc) is 3.48. The summed E-state index contributed by atoms with van der Waals surface area (Å²) in [5.74, 6) is -0.0829. The molecule has 1 aliphatic heterocycles. The number of benzene rings is 2. The maximum atomic E-state index is 12.3. The molecule has 2 aromatic heterocycles. The molecule has 9 heteroatoms. The number of carboxylic acid groups (broad SMARTS) is 1. The van der Waals surface area contributed by atoms with Crippen LogP contribution in [-0.2, 0) is 0 Å². The highest BCUT2D eigenvalue weighted by Gasteiger charge is 2.26. The number of hydrogen-bond donors (Lipinski definition) is 3. The van der Waals surface area contributed by atoms with Crippen LogP contribution < -0.4 is 10.9 Å². The van der Waals surface area contributed by atoms with Crippen molar-refractivity contribution in [3.8, 4) is 0 Å². The molecule has 33 heavy (non-hydrogen) atoms. The number of aromatic amines is 1. The van der Waals surface area contributed by atoms with E-state index >= 15 is 0 Å². The number of anilines is 1. The molecule has 0 spiro atoms. The van der Waals surface area contributed by atoms with Gasteiger partial charge in [0.15, 0.2) is 0 Å². The van der Waals surface area contributed by atoms with Crippen LogP contribution in [0, 0.1) is 0 Å². The first-order valence-electron chi connectivity index (χ1n) is 10.5. The van der Waals surface area contributed by atoms with Crippen LogP contribution in [0.25, 0.3) is 10.9 Å². The third-order valence-corrected chi connectivity index (χ3v) is 7.01. The molecule has 3 N–H and O–H groups in total. The van der Waals surface area contributed by atoms with Gasteiger partial charge < -0.3 is 20.3 Å². The van der Waals surface area contributed by atoms with Gasteiger partial charge in [-0.25, -0.2) is 9.78 Å². The lowest BCUT2D eigenvalue weighted by Gasteiger charge is -2.19. The van der Waals surface area contributed by atoms with E-state index in [1.807, 2.05) is 41.8 Å². The molecule has 2 aromatic carbocycles. The van der Waals surface area contributed by atoms with Gasteiger partial charge in [-0.15, -0.1) is 11.3 Å². The number of halogens is 1. The maximum absolute atomic E-state index is 12.3. The summed E-state index contributed by atoms with van der Waals surface area (Å²) in [6.45, 7) is 0.859. The van der Waals surface area contributed by atoms with Crippen LogP contribution in [0.4, 0.5) is 10.5 Å². The second kappa shape index (κ2) is 8.88. The summed E-state index contributed by atoms with van der Waals surface area (Å²) in [4.78, 5) is 32.4. The Labute approximate surface area is 198 Å². The van der Waals surface area contributed by atoms with Crippen LogP contribution in [0.1, 0.15) is 28.5 Å². The lowest BCUT2D eigenvalue weighted by Crippen LogP contribution is -2.30. The van der Waals surface area contributed by atoms with E-state index in [-0.39, 0.29) is 17.5 Å². The summed E-state index contributed by atoms with van der Waals surface area (Å²) in [6.07, 6.45) is 1.56. The lowest BCUT2D eigenvalue weighted by molar-refractivity contribution is 0.155. The summed E-state index contributed by atoms with van der Waals surface area (Å²) in [7, 11) is 0. The van der Waals surface area contributed by atoms with Crippen molar-refractivity contribution in [1.29, 1.82) is 0 Å². The highest BCUT2D eigenvalue weighted by molar-refractivity contribution is 7.09. The minimum atomic E-state index is -0.924. The molecule has 168 valence electrons. The molecular weight excluding hydrogens is 460 g/mol. The molecule has 3 heterocycles. The lowest BCUT2D eigenvalue weighted by atomic mass is 9.90. The Hall–Kier alpha value is -3.36. The summed E-state index contributed by atoms with van der Waals surface area (Å²) < 4.78 is 0. The number of rotatable bonds is 5. The van der Waals surface area contributed by atoms with E-state index < -0.39 is 6.09 Å². The zero-order valence-corrected chi connectivity index (χ0v) is 19.1. The van der Waals surface area contributed by atoms with Gasteiger partial charge in [0, 0.05) is 52.9 Å². The van der Waals surface area contributed by atoms with Crippen molar-refractivity contribution in [2.24, 2.45) is 0 Å². The monoisotopic (exact) mass is 480 g/mol. The van der Waals surface area contributed by atoms with Crippen molar-refractivity contribution in [2.75, 3.05) is 18.4 Å². The topological polar surface area (TPSA) is 98.3 Å². The number of aromatic nitrogens is 2. The smallest absolute Gasteiger partial charge is 0.407 e. The van der Waals surface area contributed by atoms with Crippen molar-refractivity contribution in [1.82, 2.24) is 14.9 Å². The fraction of sp³-hybridized carbons (Fsp3) is 0.208. The van der Waals surface area contributed by atoms with Crippen LogP contribution in [0.2, 0.25) is 5.02 Å². The second-order valence-corrected chi connectivity index (χ2v) is 9.43. The third-order valence-electron chi connectivity index (χ3n) is 5.92. The number of likely N-dealkylation sites (tertiary alicyclic amines) is 1. The number of carbonyl (C=O) groups is 1. The molecular formula is C24H21ClN4O3S. The van der Waals surface area contributed by atoms with Gasteiger partial charge in [-0.2, -0.15) is 0 Å². The average molecular weight is 481 g/mol. The number of pyridine rings is 1. The van der Waals surface area contributed by atoms with Crippen molar-refractivity contribution in [2.45, 2.75) is 18.4 Å². The predicted octanol–water partition coefficient (Wildman–Crippen LogP) is 4.98. The minimum Gasteiger partial charge on any atom is -0.465 e. The summed E-state index contributed by atoms with van der Waals surface area (Å²) in [5, 5.41) is 17.1. The Morgan fingerprint density at radius 2 is 2.00 bits per heavy atom. The van der Waals surface area contributed by atoms with Gasteiger partial charge in [0.2, 0.25) is 5.56 Å². The number of H-pyrrole nitrogens is 1. The number of thiazole rings is 1. The SMILES string of the molecule is O=C(O)N1CC[C@@H](Nc2cc(=O)[nH]c3ccc(C(c4ccc(Cl)cc4)c4nccs4)cc23)C1. The predicted molar refractivity (Wildman–Crippen MR) is 131 cm³/mol. The fourth-order valence-electron chi connectivity index (χ4n) is 4.35. The van der Waals surface area contributed by atoms with Crippen LogP contribution in [0.15, 0.2) is 64.9 Å². The van der Waals surface area contributed by atoms with E-state index in [0.717, 1.165) is 27.0 Å². The second-order valence-electron chi connectivity index (χ2n) is 8.07. The normalized spacial score (nSPS) is 16.8. The number of nitrogens with one attached hydrogen (secondary N) is 2. The van der Waals surface area contributed by atoms with Crippen LogP contribution in [0.3, 0.4) is 0 Å². The molecule has 0 aliphatic carbocycles. The first-order valence-corrected chi connectivity index (χ1v) is 11.8. The van der Waals surface area contributed by atoms with Gasteiger partial charge >= 0.3 is 6.09 Å². The first-order chi connectivity index (χ1) is 16.0. The molecule has 1 aliphatic rings. The number of amides is 1. The molecule has 0 saturated carbocycles. The summed E-state index contributed by atoms with van der Waals surface area (Å²) >= 11 is 7.70. The van der Waals surface area contributed by atoms with Crippen molar-refractivity contribution in [3.05, 3.63) is 91.6 Å². The molecule has 1 amide bonds. The fourth-order valence-corrected chi connectivity index (χ4v) is 5.27. The van der Waals surface area contributed by atoms with Crippen LogP contribution in [0.5, 0.6) is 0 Å². The van der Waals surface area contributed by atoms with Gasteiger partial charge in [-0.1, -0.05) is 29.8 Å². The highest BCUT2D eigenvalue weighted by Crippen LogP contribution is 2.36. The molecule has 0 bridgehead atoms. The van der Waals surface area contributed by atoms with Gasteiger partial charge in [-0.3, -0.25) is 4.79 Å². The van der Waals surface area contributed by atoms with E-state index in [1.54, 1.807) is 17.5 Å². The van der Waals surface area contributed by atoms with Gasteiger partial charge in [0.05, 0.1) is 11.4 Å². The summed E-state index contributed by atoms with van der Waals surface area (Å²) in [5.41, 5.74) is 3.31. The zero-order valence-electron chi connectivity index (χ0n) is 17.5. The summed E-state index contributed by atoms with van der Waals surface area (Å²) in [6, 6.07) is 15.2. The number of hydrogen-bond acceptors (Lipinski definition) is 5. The maximum Gasteiger partial charge on any atom is 0.407 e. The first kappa shape index (κ1) is 21.5. The molecule has 1 fully saturated rings. The third kappa shape index (κ3) is 4.44. The van der Waals surface area contributed by atoms with E-state index in [4.69, 9.17) is 11.6 Å². The molecule has 4 aromatic rings. The van der Waals surface area contributed by atoms with Gasteiger partial charge in [-0.05, 0) is 41.8 Å². The number of fused-ring (bicyclic) bond motifs is 1. The Morgan fingerprint density at radius 3 is 2.70 bits per heavy atom. The standard InChI is InChI=1S/C24H21ClN4O3S/c25-16-4-1-14(2-5-16)22(23-26-8-10-33-23)15-3-6-19-18(11-15)20(12-21(30)28-19)27-17-7-9-29(13-17)24(31)32/h1-6,8,10-12,17,22H,7,9,13H2,(H,31,32)(H2,27,28,30)/t17-,22?/m1/s1. The van der Waals surface area contributed by atoms with Gasteiger partial charge in [0.25, 0.3) is 0 Å². The Balaban J connectivity index is 1.57. The molecule has 5 rings (SSSR count). The quantitative estimate of drug-likeness (QED) is 0.374. The molecule has 1 saturated heterocycles.